The number of hydrogen-bond acceptors (Lipinski definition) is 15. The van der Waals surface area contributed by atoms with Crippen molar-refractivity contribution < 1.29 is 80.2 Å². The first-order valence-corrected chi connectivity index (χ1v) is 45.6. The first-order valence-electron chi connectivity index (χ1n) is 42.6. The number of carbonyl (C=O) groups excluding carboxylic acids is 4. The van der Waals surface area contributed by atoms with Crippen LogP contribution in [0.2, 0.25) is 0 Å². The summed E-state index contributed by atoms with van der Waals surface area (Å²) in [4.78, 5) is 73.0. The molecule has 0 aliphatic heterocycles. The van der Waals surface area contributed by atoms with Crippen LogP contribution in [-0.2, 0) is 65.4 Å². The molecule has 0 aromatic rings. The van der Waals surface area contributed by atoms with E-state index in [9.17, 15) is 43.2 Å². The summed E-state index contributed by atoms with van der Waals surface area (Å²) in [6.45, 7) is 9.69. The Morgan fingerprint density at radius 3 is 0.703 bits per heavy atom. The van der Waals surface area contributed by atoms with Crippen molar-refractivity contribution in [1.29, 1.82) is 0 Å². The van der Waals surface area contributed by atoms with Crippen LogP contribution in [0.15, 0.2) is 0 Å². The molecule has 7 atom stereocenters. The molecule has 0 fully saturated rings. The summed E-state index contributed by atoms with van der Waals surface area (Å²) < 4.78 is 68.7. The van der Waals surface area contributed by atoms with Crippen molar-refractivity contribution in [3.05, 3.63) is 0 Å². The molecule has 19 heteroatoms. The quantitative estimate of drug-likeness (QED) is 0.0222. The van der Waals surface area contributed by atoms with Crippen molar-refractivity contribution in [1.82, 2.24) is 0 Å². The van der Waals surface area contributed by atoms with Gasteiger partial charge < -0.3 is 33.8 Å². The van der Waals surface area contributed by atoms with E-state index in [1.165, 1.54) is 250 Å². The number of hydrogen-bond donors (Lipinski definition) is 3. The lowest BCUT2D eigenvalue weighted by Gasteiger charge is -2.21. The van der Waals surface area contributed by atoms with Gasteiger partial charge in [0.15, 0.2) is 12.2 Å². The summed E-state index contributed by atoms with van der Waals surface area (Å²) in [6, 6.07) is 0. The Kier molecular flexibility index (Phi) is 72.2. The number of phosphoric ester groups is 2. The largest absolute Gasteiger partial charge is 0.472 e. The van der Waals surface area contributed by atoms with Crippen LogP contribution in [0.4, 0.5) is 0 Å². The Bertz CT molecular complexity index is 1950. The zero-order chi connectivity index (χ0) is 74.2. The van der Waals surface area contributed by atoms with E-state index < -0.39 is 97.5 Å². The van der Waals surface area contributed by atoms with Gasteiger partial charge in [-0.1, -0.05) is 382 Å². The number of rotatable bonds is 81. The SMILES string of the molecule is CCCCCCCCCCCCCCCCCCCCCCC(=O)O[C@H](COC(=O)CCCCCCCCCCCCCCCCC(C)CC)COP(=O)(O)OC[C@@H](O)COP(=O)(O)OC[C@@H](COC(=O)CCCCCCCCCCCCC)OC(=O)CCCCCCCCCCC(C)CC. The number of esters is 4. The predicted octanol–water partition coefficient (Wildman–Crippen LogP) is 24.7. The molecular weight excluding hydrogens is 1320 g/mol. The van der Waals surface area contributed by atoms with Crippen LogP contribution < -0.4 is 0 Å². The fourth-order valence-corrected chi connectivity index (χ4v) is 14.2. The maximum atomic E-state index is 13.1. The van der Waals surface area contributed by atoms with Crippen LogP contribution in [0.5, 0.6) is 0 Å². The minimum absolute atomic E-state index is 0.106. The molecule has 0 aliphatic carbocycles. The smallest absolute Gasteiger partial charge is 0.462 e. The first kappa shape index (κ1) is 99.1. The third-order valence-electron chi connectivity index (χ3n) is 19.9. The summed E-state index contributed by atoms with van der Waals surface area (Å²) in [6.07, 6.45) is 63.7. The maximum absolute atomic E-state index is 13.1. The van der Waals surface area contributed by atoms with Crippen molar-refractivity contribution in [2.24, 2.45) is 11.8 Å². The Labute approximate surface area is 619 Å². The molecule has 0 saturated carbocycles. The van der Waals surface area contributed by atoms with Crippen LogP contribution in [-0.4, -0.2) is 96.7 Å². The molecule has 101 heavy (non-hydrogen) atoms. The maximum Gasteiger partial charge on any atom is 0.472 e. The zero-order valence-electron chi connectivity index (χ0n) is 66.2. The Morgan fingerprint density at radius 1 is 0.277 bits per heavy atom. The van der Waals surface area contributed by atoms with Crippen LogP contribution in [0.3, 0.4) is 0 Å². The van der Waals surface area contributed by atoms with Gasteiger partial charge >= 0.3 is 39.5 Å². The molecule has 0 aromatic heterocycles. The fourth-order valence-electron chi connectivity index (χ4n) is 12.6. The van der Waals surface area contributed by atoms with Gasteiger partial charge in [0, 0.05) is 25.7 Å². The monoisotopic (exact) mass is 1480 g/mol. The summed E-state index contributed by atoms with van der Waals surface area (Å²) in [5.74, 6) is -0.489. The average molecular weight is 1480 g/mol. The first-order chi connectivity index (χ1) is 48.9. The number of ether oxygens (including phenoxy) is 4. The Morgan fingerprint density at radius 2 is 0.475 bits per heavy atom. The molecule has 600 valence electrons. The molecule has 0 aromatic carbocycles. The standard InChI is InChI=1S/C82H160O17P2/c1-7-11-13-15-17-19-21-22-23-24-25-26-27-28-33-37-41-48-54-60-66-81(86)98-77(70-93-80(85)65-59-53-47-40-36-32-30-29-31-35-38-44-50-56-62-74(5)9-3)72-96-100(88,89)94-68-76(83)69-95-101(90,91)97-73-78(71-92-79(84)64-58-52-46-39-34-20-18-16-14-12-8-2)99-82(87)67-61-55-49-43-42-45-51-57-63-75(6)10-4/h74-78,83H,7-73H2,1-6H3,(H,88,89)(H,90,91)/t74?,75?,76-,77-,78-/m1/s1. The molecule has 0 spiro atoms. The van der Waals surface area contributed by atoms with Crippen molar-refractivity contribution in [3.8, 4) is 0 Å². The molecule has 0 saturated heterocycles. The van der Waals surface area contributed by atoms with Gasteiger partial charge in [0.2, 0.25) is 0 Å². The average Bonchev–Trinajstić information content (AvgIpc) is 1.42. The van der Waals surface area contributed by atoms with Crippen molar-refractivity contribution in [2.75, 3.05) is 39.6 Å². The molecular formula is C82H160O17P2. The van der Waals surface area contributed by atoms with E-state index >= 15 is 0 Å². The van der Waals surface area contributed by atoms with E-state index in [0.717, 1.165) is 102 Å². The topological polar surface area (TPSA) is 237 Å². The minimum Gasteiger partial charge on any atom is -0.462 e. The number of carbonyl (C=O) groups is 4. The van der Waals surface area contributed by atoms with E-state index in [1.807, 2.05) is 0 Å². The molecule has 17 nitrogen and oxygen atoms in total. The molecule has 0 radical (unpaired) electrons. The lowest BCUT2D eigenvalue weighted by atomic mass is 9.99. The lowest BCUT2D eigenvalue weighted by Crippen LogP contribution is -2.30. The van der Waals surface area contributed by atoms with Crippen molar-refractivity contribution in [3.63, 3.8) is 0 Å². The van der Waals surface area contributed by atoms with E-state index in [1.54, 1.807) is 0 Å². The van der Waals surface area contributed by atoms with E-state index in [2.05, 4.69) is 41.5 Å². The number of phosphoric acid groups is 2. The number of aliphatic hydroxyl groups is 1. The van der Waals surface area contributed by atoms with E-state index in [4.69, 9.17) is 37.0 Å². The second-order valence-electron chi connectivity index (χ2n) is 30.0. The van der Waals surface area contributed by atoms with Crippen molar-refractivity contribution in [2.45, 2.75) is 452 Å². The van der Waals surface area contributed by atoms with Gasteiger partial charge in [0.05, 0.1) is 26.4 Å². The number of unbranched alkanes of at least 4 members (excludes halogenated alkanes) is 49. The highest BCUT2D eigenvalue weighted by Gasteiger charge is 2.30. The second kappa shape index (κ2) is 73.6. The molecule has 3 N–H and O–H groups in total. The van der Waals surface area contributed by atoms with Gasteiger partial charge in [0.25, 0.3) is 0 Å². The lowest BCUT2D eigenvalue weighted by molar-refractivity contribution is -0.161. The predicted molar refractivity (Wildman–Crippen MR) is 414 cm³/mol. The summed E-state index contributed by atoms with van der Waals surface area (Å²) in [5.41, 5.74) is 0. The van der Waals surface area contributed by atoms with Gasteiger partial charge in [-0.2, -0.15) is 0 Å². The zero-order valence-corrected chi connectivity index (χ0v) is 68.0. The molecule has 4 unspecified atom stereocenters. The molecule has 0 aliphatic rings. The highest BCUT2D eigenvalue weighted by molar-refractivity contribution is 7.47. The van der Waals surface area contributed by atoms with Crippen LogP contribution >= 0.6 is 15.6 Å². The highest BCUT2D eigenvalue weighted by atomic mass is 31.2. The summed E-state index contributed by atoms with van der Waals surface area (Å²) in [5, 5.41) is 10.6. The Hall–Kier alpha value is -1.94. The normalized spacial score (nSPS) is 14.4. The van der Waals surface area contributed by atoms with E-state index in [-0.39, 0.29) is 25.7 Å². The van der Waals surface area contributed by atoms with Gasteiger partial charge in [0.1, 0.15) is 19.3 Å². The third kappa shape index (κ3) is 73.4. The molecule has 0 rings (SSSR count). The fraction of sp³-hybridized carbons (Fsp3) is 0.951. The summed E-state index contributed by atoms with van der Waals surface area (Å²) >= 11 is 0. The van der Waals surface area contributed by atoms with Crippen molar-refractivity contribution >= 4 is 39.5 Å². The van der Waals surface area contributed by atoms with Crippen LogP contribution in [0.1, 0.15) is 433 Å². The van der Waals surface area contributed by atoms with Crippen LogP contribution in [0, 0.1) is 11.8 Å². The van der Waals surface area contributed by atoms with Gasteiger partial charge in [-0.25, -0.2) is 9.13 Å². The molecule has 0 bridgehead atoms. The Balaban J connectivity index is 5.23. The molecule has 0 heterocycles. The third-order valence-corrected chi connectivity index (χ3v) is 21.8. The summed E-state index contributed by atoms with van der Waals surface area (Å²) in [7, 11) is -9.92. The van der Waals surface area contributed by atoms with Gasteiger partial charge in [-0.3, -0.25) is 37.3 Å². The molecule has 0 amide bonds. The van der Waals surface area contributed by atoms with Crippen LogP contribution in [0.25, 0.3) is 0 Å². The van der Waals surface area contributed by atoms with Gasteiger partial charge in [-0.15, -0.1) is 0 Å². The number of aliphatic hydroxyl groups excluding tert-OH is 1. The minimum atomic E-state index is -4.96. The van der Waals surface area contributed by atoms with E-state index in [0.29, 0.717) is 25.7 Å². The second-order valence-corrected chi connectivity index (χ2v) is 32.9. The highest BCUT2D eigenvalue weighted by Crippen LogP contribution is 2.45. The van der Waals surface area contributed by atoms with Gasteiger partial charge in [-0.05, 0) is 37.5 Å².